The van der Waals surface area contributed by atoms with Gasteiger partial charge in [0.1, 0.15) is 0 Å². The first-order valence-electron chi connectivity index (χ1n) is 9.27. The fraction of sp³-hybridized carbons (Fsp3) is 0.292. The minimum Gasteiger partial charge on any atom is -0.312 e. The van der Waals surface area contributed by atoms with Crippen molar-refractivity contribution in [3.63, 3.8) is 0 Å². The molecule has 0 aliphatic heterocycles. The Balaban J connectivity index is 1.94. The van der Waals surface area contributed by atoms with E-state index in [2.05, 4.69) is 56.1 Å². The van der Waals surface area contributed by atoms with E-state index in [-0.39, 0.29) is 5.78 Å². The van der Waals surface area contributed by atoms with Gasteiger partial charge >= 0.3 is 0 Å². The quantitative estimate of drug-likeness (QED) is 0.327. The number of Topliss-reactive ketones (excluding diaryl/α,β-unsaturated/α-hetero) is 1. The van der Waals surface area contributed by atoms with E-state index < -0.39 is 0 Å². The van der Waals surface area contributed by atoms with Gasteiger partial charge in [0.05, 0.1) is 0 Å². The third-order valence-corrected chi connectivity index (χ3v) is 4.27. The number of allylic oxidation sites excluding steroid dienone is 2. The van der Waals surface area contributed by atoms with Gasteiger partial charge in [0.25, 0.3) is 0 Å². The molecule has 0 aliphatic rings. The Morgan fingerprint density at radius 2 is 1.58 bits per heavy atom. The van der Waals surface area contributed by atoms with Crippen LogP contribution < -0.4 is 5.32 Å². The second kappa shape index (κ2) is 10.5. The summed E-state index contributed by atoms with van der Waals surface area (Å²) in [4.78, 5) is 12.2. The second-order valence-corrected chi connectivity index (χ2v) is 6.77. The van der Waals surface area contributed by atoms with Crippen molar-refractivity contribution in [1.29, 1.82) is 0 Å². The molecule has 0 bridgehead atoms. The van der Waals surface area contributed by atoms with Crippen molar-refractivity contribution < 1.29 is 4.79 Å². The molecule has 0 unspecified atom stereocenters. The van der Waals surface area contributed by atoms with Gasteiger partial charge in [-0.25, -0.2) is 0 Å². The number of nitrogens with one attached hydrogen (secondary N) is 1. The van der Waals surface area contributed by atoms with Crippen molar-refractivity contribution in [3.8, 4) is 11.1 Å². The van der Waals surface area contributed by atoms with Crippen molar-refractivity contribution in [1.82, 2.24) is 5.32 Å². The first-order valence-corrected chi connectivity index (χ1v) is 9.27. The van der Waals surface area contributed by atoms with Crippen LogP contribution >= 0.6 is 0 Å². The molecule has 0 aromatic heterocycles. The van der Waals surface area contributed by atoms with Crippen LogP contribution in [0.15, 0.2) is 72.8 Å². The summed E-state index contributed by atoms with van der Waals surface area (Å²) >= 11 is 0. The Bertz CT molecular complexity index is 735. The van der Waals surface area contributed by atoms with Crippen LogP contribution in [0.25, 0.3) is 11.1 Å². The van der Waals surface area contributed by atoms with Crippen LogP contribution in [0.4, 0.5) is 0 Å². The fourth-order valence-corrected chi connectivity index (χ4v) is 2.74. The van der Waals surface area contributed by atoms with Gasteiger partial charge in [0, 0.05) is 18.5 Å². The predicted octanol–water partition coefficient (Wildman–Crippen LogP) is 5.95. The van der Waals surface area contributed by atoms with E-state index in [1.165, 1.54) is 16.7 Å². The minimum absolute atomic E-state index is 0.204. The maximum absolute atomic E-state index is 12.2. The zero-order valence-electron chi connectivity index (χ0n) is 15.9. The maximum atomic E-state index is 12.2. The van der Waals surface area contributed by atoms with Gasteiger partial charge in [-0.3, -0.25) is 4.79 Å². The smallest absolute Gasteiger partial charge is 0.163 e. The number of carbonyl (C=O) groups is 1. The summed E-state index contributed by atoms with van der Waals surface area (Å²) in [6, 6.07) is 16.5. The number of hydrogen-bond donors (Lipinski definition) is 1. The molecule has 0 saturated carbocycles. The number of hydrogen-bond acceptors (Lipinski definition) is 2. The average Bonchev–Trinajstić information content (AvgIpc) is 2.65. The molecule has 0 heterocycles. The lowest BCUT2D eigenvalue weighted by atomic mass is 10.00. The molecule has 2 rings (SSSR count). The molecule has 1 N–H and O–H groups in total. The van der Waals surface area contributed by atoms with Crippen molar-refractivity contribution in [2.45, 2.75) is 39.7 Å². The number of benzene rings is 2. The highest BCUT2D eigenvalue weighted by atomic mass is 16.1. The molecular formula is C24H29NO. The summed E-state index contributed by atoms with van der Waals surface area (Å²) in [7, 11) is 0. The molecular weight excluding hydrogens is 318 g/mol. The van der Waals surface area contributed by atoms with Crippen LogP contribution in [-0.4, -0.2) is 12.3 Å². The van der Waals surface area contributed by atoms with Gasteiger partial charge in [0.2, 0.25) is 0 Å². The topological polar surface area (TPSA) is 29.1 Å². The Hall–Kier alpha value is -2.45. The highest BCUT2D eigenvalue weighted by Gasteiger charge is 2.05. The van der Waals surface area contributed by atoms with Gasteiger partial charge in [0.15, 0.2) is 5.78 Å². The summed E-state index contributed by atoms with van der Waals surface area (Å²) in [5, 5.41) is 3.39. The highest BCUT2D eigenvalue weighted by molar-refractivity contribution is 5.96. The molecule has 0 fully saturated rings. The molecule has 0 amide bonds. The van der Waals surface area contributed by atoms with Crippen LogP contribution in [0.2, 0.25) is 0 Å². The Labute approximate surface area is 157 Å². The lowest BCUT2D eigenvalue weighted by Gasteiger charge is -2.07. The third kappa shape index (κ3) is 6.45. The van der Waals surface area contributed by atoms with Gasteiger partial charge in [-0.15, -0.1) is 6.58 Å². The zero-order valence-corrected chi connectivity index (χ0v) is 15.9. The predicted molar refractivity (Wildman–Crippen MR) is 111 cm³/mol. The second-order valence-electron chi connectivity index (χ2n) is 6.77. The normalized spacial score (nSPS) is 10.4. The van der Waals surface area contributed by atoms with Gasteiger partial charge in [-0.1, -0.05) is 66.3 Å². The molecule has 2 heteroatoms. The summed E-state index contributed by atoms with van der Waals surface area (Å²) < 4.78 is 0. The number of rotatable bonds is 10. The van der Waals surface area contributed by atoms with Crippen LogP contribution in [0.3, 0.4) is 0 Å². The molecule has 26 heavy (non-hydrogen) atoms. The Morgan fingerprint density at radius 1 is 0.962 bits per heavy atom. The van der Waals surface area contributed by atoms with Crippen molar-refractivity contribution in [3.05, 3.63) is 84.0 Å². The van der Waals surface area contributed by atoms with Crippen molar-refractivity contribution in [2.24, 2.45) is 0 Å². The highest BCUT2D eigenvalue weighted by Crippen LogP contribution is 2.21. The zero-order chi connectivity index (χ0) is 18.8. The van der Waals surface area contributed by atoms with Gasteiger partial charge < -0.3 is 5.32 Å². The van der Waals surface area contributed by atoms with Crippen LogP contribution in [0.1, 0.15) is 49.0 Å². The first kappa shape index (κ1) is 19.9. The minimum atomic E-state index is 0.204. The monoisotopic (exact) mass is 347 g/mol. The van der Waals surface area contributed by atoms with Crippen molar-refractivity contribution in [2.75, 3.05) is 6.54 Å². The summed E-state index contributed by atoms with van der Waals surface area (Å²) in [6.07, 6.45) is 6.40. The van der Waals surface area contributed by atoms with E-state index in [0.717, 1.165) is 37.1 Å². The summed E-state index contributed by atoms with van der Waals surface area (Å²) in [5.74, 6) is 0.204. The van der Waals surface area contributed by atoms with E-state index >= 15 is 0 Å². The maximum Gasteiger partial charge on any atom is 0.163 e. The molecule has 0 radical (unpaired) electrons. The van der Waals surface area contributed by atoms with Gasteiger partial charge in [-0.2, -0.15) is 0 Å². The van der Waals surface area contributed by atoms with E-state index in [1.807, 2.05) is 30.3 Å². The van der Waals surface area contributed by atoms with E-state index in [4.69, 9.17) is 0 Å². The molecule has 0 aliphatic carbocycles. The van der Waals surface area contributed by atoms with E-state index in [0.29, 0.717) is 6.42 Å². The largest absolute Gasteiger partial charge is 0.312 e. The SMILES string of the molecule is C=CCCNCc1ccc(-c2ccc(C(=O)CCC=C(C)C)cc2)cc1. The van der Waals surface area contributed by atoms with Crippen LogP contribution in [0.5, 0.6) is 0 Å². The first-order chi connectivity index (χ1) is 12.6. The van der Waals surface area contributed by atoms with Crippen LogP contribution in [-0.2, 0) is 6.54 Å². The molecule has 2 aromatic carbocycles. The van der Waals surface area contributed by atoms with E-state index in [9.17, 15) is 4.79 Å². The third-order valence-electron chi connectivity index (χ3n) is 4.27. The van der Waals surface area contributed by atoms with E-state index in [1.54, 1.807) is 0 Å². The van der Waals surface area contributed by atoms with Crippen molar-refractivity contribution >= 4 is 5.78 Å². The molecule has 0 saturated heterocycles. The lowest BCUT2D eigenvalue weighted by Crippen LogP contribution is -2.13. The standard InChI is InChI=1S/C24H29NO/c1-4-5-17-25-18-20-9-11-21(12-10-20)22-13-15-23(16-14-22)24(26)8-6-7-19(2)3/h4,7,9-16,25H,1,5-6,8,17-18H2,2-3H3. The van der Waals surface area contributed by atoms with Crippen LogP contribution in [0, 0.1) is 0 Å². The Morgan fingerprint density at radius 3 is 2.15 bits per heavy atom. The molecule has 0 spiro atoms. The average molecular weight is 348 g/mol. The molecule has 2 aromatic rings. The summed E-state index contributed by atoms with van der Waals surface area (Å²) in [6.45, 7) is 9.66. The fourth-order valence-electron chi connectivity index (χ4n) is 2.74. The van der Waals surface area contributed by atoms with Gasteiger partial charge in [-0.05, 0) is 49.9 Å². The number of ketones is 1. The Kier molecular flexibility index (Phi) is 8.04. The summed E-state index contributed by atoms with van der Waals surface area (Å²) in [5.41, 5.74) is 5.62. The molecule has 0 atom stereocenters. The number of carbonyl (C=O) groups excluding carboxylic acids is 1. The molecule has 136 valence electrons. The molecule has 2 nitrogen and oxygen atoms in total. The lowest BCUT2D eigenvalue weighted by molar-refractivity contribution is 0.0983.